The van der Waals surface area contributed by atoms with Crippen LogP contribution in [-0.4, -0.2) is 55.4 Å². The molecule has 1 atom stereocenters. The van der Waals surface area contributed by atoms with E-state index in [1.54, 1.807) is 0 Å². The van der Waals surface area contributed by atoms with Gasteiger partial charge in [-0.05, 0) is 52.9 Å². The fraction of sp³-hybridized carbons (Fsp3) is 0.929. The highest BCUT2D eigenvalue weighted by Gasteiger charge is 2.23. The zero-order valence-electron chi connectivity index (χ0n) is 12.5. The highest BCUT2D eigenvalue weighted by Crippen LogP contribution is 2.22. The largest absolute Gasteiger partial charge is 0.387 e. The van der Waals surface area contributed by atoms with Gasteiger partial charge in [0.05, 0.1) is 5.84 Å². The van der Waals surface area contributed by atoms with E-state index < -0.39 is 0 Å². The monoisotopic (exact) mass is 254 g/mol. The molecule has 0 aromatic rings. The second-order valence-corrected chi connectivity index (χ2v) is 6.44. The number of nitrogens with one attached hydrogen (secondary N) is 1. The lowest BCUT2D eigenvalue weighted by atomic mass is 9.86. The van der Waals surface area contributed by atoms with Crippen molar-refractivity contribution in [3.05, 3.63) is 0 Å². The summed E-state index contributed by atoms with van der Waals surface area (Å²) < 4.78 is 0. The van der Waals surface area contributed by atoms with E-state index in [9.17, 15) is 0 Å². The van der Waals surface area contributed by atoms with Crippen molar-refractivity contribution in [1.82, 2.24) is 9.80 Å². The second kappa shape index (κ2) is 6.53. The summed E-state index contributed by atoms with van der Waals surface area (Å²) >= 11 is 0. The molecule has 3 N–H and O–H groups in total. The van der Waals surface area contributed by atoms with Crippen LogP contribution in [0.3, 0.4) is 0 Å². The summed E-state index contributed by atoms with van der Waals surface area (Å²) in [6.45, 7) is 7.62. The Balaban J connectivity index is 2.21. The summed E-state index contributed by atoms with van der Waals surface area (Å²) in [6, 6.07) is 0.732. The van der Waals surface area contributed by atoms with Crippen molar-refractivity contribution < 1.29 is 0 Å². The fourth-order valence-electron chi connectivity index (χ4n) is 2.59. The van der Waals surface area contributed by atoms with E-state index in [-0.39, 0.29) is 5.41 Å². The minimum Gasteiger partial charge on any atom is -0.387 e. The molecule has 1 fully saturated rings. The van der Waals surface area contributed by atoms with Gasteiger partial charge in [0.15, 0.2) is 0 Å². The lowest BCUT2D eigenvalue weighted by Gasteiger charge is -2.27. The summed E-state index contributed by atoms with van der Waals surface area (Å²) in [7, 11) is 4.43. The van der Waals surface area contributed by atoms with E-state index in [0.717, 1.165) is 32.0 Å². The molecule has 0 amide bonds. The van der Waals surface area contributed by atoms with Crippen LogP contribution in [-0.2, 0) is 0 Å². The third-order valence-corrected chi connectivity index (χ3v) is 4.26. The molecule has 1 rings (SSSR count). The van der Waals surface area contributed by atoms with Gasteiger partial charge in [-0.1, -0.05) is 13.8 Å². The lowest BCUT2D eigenvalue weighted by molar-refractivity contribution is 0.214. The van der Waals surface area contributed by atoms with E-state index in [2.05, 4.69) is 37.7 Å². The average Bonchev–Trinajstić information content (AvgIpc) is 2.64. The van der Waals surface area contributed by atoms with Crippen molar-refractivity contribution >= 4 is 5.84 Å². The van der Waals surface area contributed by atoms with Crippen LogP contribution >= 0.6 is 0 Å². The molecule has 0 radical (unpaired) electrons. The Morgan fingerprint density at radius 3 is 2.67 bits per heavy atom. The molecule has 0 aromatic heterocycles. The Morgan fingerprint density at radius 2 is 2.17 bits per heavy atom. The average molecular weight is 254 g/mol. The molecule has 1 saturated heterocycles. The van der Waals surface area contributed by atoms with E-state index in [0.29, 0.717) is 5.84 Å². The van der Waals surface area contributed by atoms with Crippen molar-refractivity contribution in [3.8, 4) is 0 Å². The van der Waals surface area contributed by atoms with Crippen molar-refractivity contribution in [2.75, 3.05) is 33.7 Å². The van der Waals surface area contributed by atoms with Gasteiger partial charge in [0, 0.05) is 18.0 Å². The molecule has 1 heterocycles. The maximum Gasteiger partial charge on any atom is 0.0963 e. The van der Waals surface area contributed by atoms with Gasteiger partial charge in [0.1, 0.15) is 0 Å². The number of rotatable bonds is 7. The van der Waals surface area contributed by atoms with Crippen LogP contribution in [0.5, 0.6) is 0 Å². The Hall–Kier alpha value is -0.610. The lowest BCUT2D eigenvalue weighted by Crippen LogP contribution is -2.37. The predicted molar refractivity (Wildman–Crippen MR) is 78.1 cm³/mol. The summed E-state index contributed by atoms with van der Waals surface area (Å²) in [4.78, 5) is 4.89. The smallest absolute Gasteiger partial charge is 0.0963 e. The maximum absolute atomic E-state index is 7.55. The first-order valence-electron chi connectivity index (χ1n) is 7.06. The van der Waals surface area contributed by atoms with Crippen LogP contribution in [0.15, 0.2) is 0 Å². The number of likely N-dealkylation sites (N-methyl/N-ethyl adjacent to an activating group) is 2. The van der Waals surface area contributed by atoms with Gasteiger partial charge >= 0.3 is 0 Å². The number of nitrogens with two attached hydrogens (primary N) is 1. The van der Waals surface area contributed by atoms with E-state index in [1.807, 2.05) is 0 Å². The minimum absolute atomic E-state index is 0.148. The first kappa shape index (κ1) is 15.4. The molecule has 1 aliphatic heterocycles. The number of amidine groups is 1. The van der Waals surface area contributed by atoms with Crippen molar-refractivity contribution in [2.45, 2.75) is 45.6 Å². The summed E-state index contributed by atoms with van der Waals surface area (Å²) in [5.41, 5.74) is 5.45. The van der Waals surface area contributed by atoms with Crippen LogP contribution in [0.25, 0.3) is 0 Å². The van der Waals surface area contributed by atoms with Gasteiger partial charge in [-0.2, -0.15) is 0 Å². The van der Waals surface area contributed by atoms with Crippen molar-refractivity contribution in [1.29, 1.82) is 5.41 Å². The molecule has 4 nitrogen and oxygen atoms in total. The Bertz CT molecular complexity index is 275. The highest BCUT2D eigenvalue weighted by molar-refractivity contribution is 5.82. The molecule has 0 spiro atoms. The first-order chi connectivity index (χ1) is 8.33. The quantitative estimate of drug-likeness (QED) is 0.537. The van der Waals surface area contributed by atoms with Crippen molar-refractivity contribution in [3.63, 3.8) is 0 Å². The Morgan fingerprint density at radius 1 is 1.50 bits per heavy atom. The fourth-order valence-corrected chi connectivity index (χ4v) is 2.59. The molecular weight excluding hydrogens is 224 g/mol. The van der Waals surface area contributed by atoms with E-state index in [1.165, 1.54) is 19.4 Å². The molecule has 0 saturated carbocycles. The third-order valence-electron chi connectivity index (χ3n) is 4.26. The van der Waals surface area contributed by atoms with Crippen LogP contribution in [0.4, 0.5) is 0 Å². The third kappa shape index (κ3) is 4.58. The van der Waals surface area contributed by atoms with E-state index >= 15 is 0 Å². The predicted octanol–water partition coefficient (Wildman–Crippen LogP) is 1.75. The summed E-state index contributed by atoms with van der Waals surface area (Å²) in [6.07, 6.45) is 4.78. The number of likely N-dealkylation sites (tertiary alicyclic amines) is 1. The molecule has 4 heteroatoms. The number of nitrogens with zero attached hydrogens (tertiary/aromatic N) is 2. The number of hydrogen-bond acceptors (Lipinski definition) is 3. The second-order valence-electron chi connectivity index (χ2n) is 6.44. The summed E-state index contributed by atoms with van der Waals surface area (Å²) in [5, 5.41) is 7.55. The number of hydrogen-bond donors (Lipinski definition) is 2. The van der Waals surface area contributed by atoms with Gasteiger partial charge in [-0.15, -0.1) is 0 Å². The van der Waals surface area contributed by atoms with Crippen LogP contribution in [0, 0.1) is 10.8 Å². The van der Waals surface area contributed by atoms with Gasteiger partial charge in [0.25, 0.3) is 0 Å². The highest BCUT2D eigenvalue weighted by atomic mass is 15.2. The molecule has 1 unspecified atom stereocenters. The standard InChI is InChI=1S/C14H30N4/c1-14(2,13(15)16)8-6-9-17(3)11-12-7-5-10-18(12)4/h12H,5-11H2,1-4H3,(H3,15,16). The van der Waals surface area contributed by atoms with Crippen LogP contribution in [0.1, 0.15) is 39.5 Å². The first-order valence-corrected chi connectivity index (χ1v) is 7.06. The van der Waals surface area contributed by atoms with Gasteiger partial charge in [0.2, 0.25) is 0 Å². The van der Waals surface area contributed by atoms with Gasteiger partial charge in [-0.3, -0.25) is 5.41 Å². The SMILES string of the molecule is CN(CCCC(C)(C)C(=N)N)CC1CCCN1C. The Labute approximate surface area is 112 Å². The molecule has 0 aliphatic carbocycles. The van der Waals surface area contributed by atoms with Gasteiger partial charge < -0.3 is 15.5 Å². The van der Waals surface area contributed by atoms with Crippen LogP contribution < -0.4 is 5.73 Å². The molecule has 106 valence electrons. The Kier molecular flexibility index (Phi) is 5.60. The topological polar surface area (TPSA) is 56.4 Å². The normalized spacial score (nSPS) is 21.7. The van der Waals surface area contributed by atoms with Gasteiger partial charge in [-0.25, -0.2) is 0 Å². The van der Waals surface area contributed by atoms with Crippen molar-refractivity contribution in [2.24, 2.45) is 11.1 Å². The molecule has 0 bridgehead atoms. The minimum atomic E-state index is -0.148. The van der Waals surface area contributed by atoms with Crippen LogP contribution in [0.2, 0.25) is 0 Å². The molecular formula is C14H30N4. The zero-order valence-corrected chi connectivity index (χ0v) is 12.5. The van der Waals surface area contributed by atoms with E-state index in [4.69, 9.17) is 11.1 Å². The maximum atomic E-state index is 7.55. The summed E-state index contributed by atoms with van der Waals surface area (Å²) in [5.74, 6) is 0.306. The molecule has 1 aliphatic rings. The molecule has 18 heavy (non-hydrogen) atoms. The molecule has 0 aromatic carbocycles. The zero-order chi connectivity index (χ0) is 13.8.